The maximum absolute atomic E-state index is 4.39. The van der Waals surface area contributed by atoms with Gasteiger partial charge in [-0.2, -0.15) is 0 Å². The highest BCUT2D eigenvalue weighted by atomic mass is 28.3. The van der Waals surface area contributed by atoms with Gasteiger partial charge in [0.25, 0.3) is 0 Å². The first-order valence-electron chi connectivity index (χ1n) is 6.60. The Labute approximate surface area is 106 Å². The molecule has 0 spiro atoms. The Morgan fingerprint density at radius 1 is 1.29 bits per heavy atom. The molecule has 0 unspecified atom stereocenters. The molecule has 0 amide bonds. The molecule has 1 aromatic heterocycles. The molecule has 0 N–H and O–H groups in total. The van der Waals surface area contributed by atoms with Crippen LogP contribution in [0.15, 0.2) is 24.4 Å². The Kier molecular flexibility index (Phi) is 4.82. The van der Waals surface area contributed by atoms with Gasteiger partial charge in [0, 0.05) is 17.9 Å². The van der Waals surface area contributed by atoms with Crippen molar-refractivity contribution in [2.45, 2.75) is 45.1 Å². The van der Waals surface area contributed by atoms with Crippen LogP contribution in [0.25, 0.3) is 0 Å². The molecular formula is C15H20NSi. The van der Waals surface area contributed by atoms with E-state index in [1.807, 2.05) is 12.3 Å². The minimum absolute atomic E-state index is 0.740. The number of pyridine rings is 1. The number of nitrogens with zero attached hydrogens (tertiary/aromatic N) is 1. The highest BCUT2D eigenvalue weighted by Gasteiger charge is 2.12. The lowest BCUT2D eigenvalue weighted by Gasteiger charge is -2.18. The lowest BCUT2D eigenvalue weighted by molar-refractivity contribution is 0.365. The zero-order valence-electron chi connectivity index (χ0n) is 10.6. The van der Waals surface area contributed by atoms with Gasteiger partial charge in [-0.05, 0) is 30.9 Å². The summed E-state index contributed by atoms with van der Waals surface area (Å²) in [5, 5.41) is 1.19. The molecule has 17 heavy (non-hydrogen) atoms. The van der Waals surface area contributed by atoms with Crippen LogP contribution in [-0.4, -0.2) is 13.8 Å². The van der Waals surface area contributed by atoms with Crippen molar-refractivity contribution in [1.29, 1.82) is 0 Å². The van der Waals surface area contributed by atoms with Gasteiger partial charge in [0.2, 0.25) is 0 Å². The third-order valence-corrected chi connectivity index (χ3v) is 5.06. The minimum atomic E-state index is -0.740. The molecule has 0 saturated heterocycles. The standard InChI is InChI=1S/C15H20NSi/c1-17(15-11-5-6-12-16-15)13-7-10-14-8-3-2-4-9-14/h5-6,11-12,14H,2-4,8-10H2,1H3. The van der Waals surface area contributed by atoms with Gasteiger partial charge in [0.15, 0.2) is 8.80 Å². The summed E-state index contributed by atoms with van der Waals surface area (Å²) in [5.74, 6) is 4.28. The largest absolute Gasteiger partial charge is 0.265 e. The first-order valence-corrected chi connectivity index (χ1v) is 8.60. The van der Waals surface area contributed by atoms with E-state index in [2.05, 4.69) is 35.1 Å². The number of hydrogen-bond acceptors (Lipinski definition) is 1. The maximum Gasteiger partial charge on any atom is 0.199 e. The Morgan fingerprint density at radius 2 is 2.12 bits per heavy atom. The van der Waals surface area contributed by atoms with Crippen molar-refractivity contribution >= 4 is 14.1 Å². The van der Waals surface area contributed by atoms with Gasteiger partial charge >= 0.3 is 0 Å². The van der Waals surface area contributed by atoms with Gasteiger partial charge < -0.3 is 0 Å². The van der Waals surface area contributed by atoms with Gasteiger partial charge in [-0.15, -0.1) is 11.5 Å². The fourth-order valence-corrected chi connectivity index (χ4v) is 3.48. The van der Waals surface area contributed by atoms with Crippen LogP contribution in [-0.2, 0) is 0 Å². The molecule has 0 aromatic carbocycles. The molecule has 1 aliphatic rings. The second-order valence-corrected chi connectivity index (χ2v) is 6.86. The number of aromatic nitrogens is 1. The first-order chi connectivity index (χ1) is 8.36. The molecule has 1 saturated carbocycles. The Bertz CT molecular complexity index is 384. The summed E-state index contributed by atoms with van der Waals surface area (Å²) >= 11 is 0. The quantitative estimate of drug-likeness (QED) is 0.574. The zero-order valence-corrected chi connectivity index (χ0v) is 11.6. The highest BCUT2D eigenvalue weighted by Crippen LogP contribution is 2.25. The zero-order chi connectivity index (χ0) is 11.9. The van der Waals surface area contributed by atoms with Crippen molar-refractivity contribution < 1.29 is 0 Å². The Morgan fingerprint density at radius 3 is 2.82 bits per heavy atom. The lowest BCUT2D eigenvalue weighted by atomic mass is 9.87. The van der Waals surface area contributed by atoms with E-state index >= 15 is 0 Å². The van der Waals surface area contributed by atoms with Crippen LogP contribution in [0.3, 0.4) is 0 Å². The summed E-state index contributed by atoms with van der Waals surface area (Å²) < 4.78 is 0. The van der Waals surface area contributed by atoms with Crippen molar-refractivity contribution in [3.05, 3.63) is 24.4 Å². The molecule has 0 bridgehead atoms. The van der Waals surface area contributed by atoms with Crippen LogP contribution in [0, 0.1) is 17.4 Å². The predicted molar refractivity (Wildman–Crippen MR) is 74.5 cm³/mol. The van der Waals surface area contributed by atoms with E-state index in [9.17, 15) is 0 Å². The van der Waals surface area contributed by atoms with E-state index in [0.29, 0.717) is 0 Å². The maximum atomic E-state index is 4.39. The van der Waals surface area contributed by atoms with Crippen LogP contribution < -0.4 is 5.32 Å². The fourth-order valence-electron chi connectivity index (χ4n) is 2.37. The average molecular weight is 242 g/mol. The van der Waals surface area contributed by atoms with E-state index in [1.165, 1.54) is 37.4 Å². The lowest BCUT2D eigenvalue weighted by Crippen LogP contribution is -2.27. The average Bonchev–Trinajstić information content (AvgIpc) is 2.41. The van der Waals surface area contributed by atoms with Gasteiger partial charge in [-0.25, -0.2) is 0 Å². The SMILES string of the molecule is C[Si](C#CCC1CCCCC1)c1ccccn1. The van der Waals surface area contributed by atoms with E-state index in [-0.39, 0.29) is 0 Å². The van der Waals surface area contributed by atoms with Gasteiger partial charge in [-0.3, -0.25) is 4.98 Å². The molecule has 0 aliphatic heterocycles. The van der Waals surface area contributed by atoms with E-state index in [4.69, 9.17) is 0 Å². The van der Waals surface area contributed by atoms with Crippen molar-refractivity contribution in [2.75, 3.05) is 0 Å². The summed E-state index contributed by atoms with van der Waals surface area (Å²) in [6.07, 6.45) is 10.0. The van der Waals surface area contributed by atoms with Gasteiger partial charge in [0.05, 0.1) is 0 Å². The first kappa shape index (κ1) is 12.4. The molecule has 89 valence electrons. The Balaban J connectivity index is 1.84. The van der Waals surface area contributed by atoms with E-state index in [0.717, 1.165) is 12.3 Å². The van der Waals surface area contributed by atoms with Crippen LogP contribution in [0.5, 0.6) is 0 Å². The highest BCUT2D eigenvalue weighted by molar-refractivity contribution is 6.78. The molecule has 1 radical (unpaired) electrons. The Hall–Kier alpha value is -1.07. The van der Waals surface area contributed by atoms with Gasteiger partial charge in [0.1, 0.15) is 0 Å². The molecule has 2 heteroatoms. The summed E-state index contributed by atoms with van der Waals surface area (Å²) in [6.45, 7) is 2.24. The summed E-state index contributed by atoms with van der Waals surface area (Å²) in [7, 11) is -0.740. The summed E-state index contributed by atoms with van der Waals surface area (Å²) in [6, 6.07) is 6.12. The van der Waals surface area contributed by atoms with E-state index < -0.39 is 8.80 Å². The molecule has 1 aromatic rings. The van der Waals surface area contributed by atoms with Crippen LogP contribution in [0.1, 0.15) is 38.5 Å². The van der Waals surface area contributed by atoms with Crippen LogP contribution >= 0.6 is 0 Å². The van der Waals surface area contributed by atoms with Crippen molar-refractivity contribution in [2.24, 2.45) is 5.92 Å². The van der Waals surface area contributed by atoms with Crippen molar-refractivity contribution in [1.82, 2.24) is 4.98 Å². The second-order valence-electron chi connectivity index (χ2n) is 4.85. The number of hydrogen-bond donors (Lipinski definition) is 0. The normalized spacial score (nSPS) is 16.6. The topological polar surface area (TPSA) is 12.9 Å². The molecule has 1 heterocycles. The van der Waals surface area contributed by atoms with Crippen molar-refractivity contribution in [3.63, 3.8) is 0 Å². The van der Waals surface area contributed by atoms with Gasteiger partial charge in [-0.1, -0.05) is 31.9 Å². The summed E-state index contributed by atoms with van der Waals surface area (Å²) in [4.78, 5) is 4.39. The third-order valence-electron chi connectivity index (χ3n) is 3.44. The van der Waals surface area contributed by atoms with E-state index in [1.54, 1.807) is 0 Å². The molecule has 2 rings (SSSR count). The molecule has 1 aliphatic carbocycles. The minimum Gasteiger partial charge on any atom is -0.265 e. The van der Waals surface area contributed by atoms with Crippen LogP contribution in [0.2, 0.25) is 6.55 Å². The monoisotopic (exact) mass is 242 g/mol. The molecule has 1 fully saturated rings. The number of rotatable bonds is 2. The fraction of sp³-hybridized carbons (Fsp3) is 0.533. The van der Waals surface area contributed by atoms with Crippen molar-refractivity contribution in [3.8, 4) is 11.5 Å². The molecule has 1 nitrogen and oxygen atoms in total. The smallest absolute Gasteiger partial charge is 0.199 e. The molecule has 0 atom stereocenters. The predicted octanol–water partition coefficient (Wildman–Crippen LogP) is 2.93. The second kappa shape index (κ2) is 6.61. The van der Waals surface area contributed by atoms with Crippen LogP contribution in [0.4, 0.5) is 0 Å². The third kappa shape index (κ3) is 4.01. The summed E-state index contributed by atoms with van der Waals surface area (Å²) in [5.41, 5.74) is 3.44. The molecular weight excluding hydrogens is 222 g/mol.